The Bertz CT molecular complexity index is 534. The molecular formula is C14H20N4O3. The van der Waals surface area contributed by atoms with Crippen LogP contribution >= 0.6 is 0 Å². The quantitative estimate of drug-likeness (QED) is 0.795. The molecule has 3 rings (SSSR count). The van der Waals surface area contributed by atoms with E-state index in [1.165, 1.54) is 0 Å². The van der Waals surface area contributed by atoms with Crippen LogP contribution in [0.4, 0.5) is 0 Å². The number of nitrogens with one attached hydrogen (secondary N) is 1. The summed E-state index contributed by atoms with van der Waals surface area (Å²) < 4.78 is 7.40. The zero-order valence-electron chi connectivity index (χ0n) is 12.2. The standard InChI is InChI=1S/C14H20N4O3/c1-17-5-2-11(16-17)8-13(20)18-6-3-14(4-7-18)10-15-12(19)9-21-14/h2,5H,3-4,6-10H2,1H3,(H,15,19). The third-order valence-electron chi connectivity index (χ3n) is 4.25. The Kier molecular flexibility index (Phi) is 3.67. The lowest BCUT2D eigenvalue weighted by Gasteiger charge is -2.43. The van der Waals surface area contributed by atoms with Gasteiger partial charge >= 0.3 is 0 Å². The minimum Gasteiger partial charge on any atom is -0.363 e. The van der Waals surface area contributed by atoms with E-state index in [1.54, 1.807) is 4.68 Å². The smallest absolute Gasteiger partial charge is 0.246 e. The third kappa shape index (κ3) is 3.07. The van der Waals surface area contributed by atoms with Crippen LogP contribution in [0.3, 0.4) is 0 Å². The van der Waals surface area contributed by atoms with Gasteiger partial charge in [-0.25, -0.2) is 0 Å². The Hall–Kier alpha value is -1.89. The fourth-order valence-corrected chi connectivity index (χ4v) is 2.89. The summed E-state index contributed by atoms with van der Waals surface area (Å²) in [7, 11) is 1.84. The summed E-state index contributed by atoms with van der Waals surface area (Å²) in [5, 5.41) is 7.08. The van der Waals surface area contributed by atoms with E-state index in [0.29, 0.717) is 26.1 Å². The van der Waals surface area contributed by atoms with E-state index in [-0.39, 0.29) is 24.0 Å². The molecule has 0 saturated carbocycles. The number of carbonyl (C=O) groups excluding carboxylic acids is 2. The normalized spacial score (nSPS) is 21.4. The van der Waals surface area contributed by atoms with Gasteiger partial charge in [0, 0.05) is 32.9 Å². The van der Waals surface area contributed by atoms with E-state index in [2.05, 4.69) is 10.4 Å². The number of ether oxygens (including phenoxy) is 1. The second-order valence-corrected chi connectivity index (χ2v) is 5.79. The van der Waals surface area contributed by atoms with Gasteiger partial charge in [0.2, 0.25) is 11.8 Å². The SMILES string of the molecule is Cn1ccc(CC(=O)N2CCC3(CC2)CNC(=O)CO3)n1. The van der Waals surface area contributed by atoms with Crippen molar-refractivity contribution in [3.63, 3.8) is 0 Å². The van der Waals surface area contributed by atoms with Gasteiger partial charge in [-0.1, -0.05) is 0 Å². The Labute approximate surface area is 123 Å². The van der Waals surface area contributed by atoms with E-state index >= 15 is 0 Å². The highest BCUT2D eigenvalue weighted by Crippen LogP contribution is 2.27. The molecule has 0 radical (unpaired) electrons. The van der Waals surface area contributed by atoms with Crippen molar-refractivity contribution in [1.29, 1.82) is 0 Å². The van der Waals surface area contributed by atoms with Gasteiger partial charge in [0.05, 0.1) is 17.7 Å². The van der Waals surface area contributed by atoms with Crippen molar-refractivity contribution in [2.24, 2.45) is 7.05 Å². The Morgan fingerprint density at radius 2 is 2.24 bits per heavy atom. The zero-order valence-corrected chi connectivity index (χ0v) is 12.2. The molecule has 0 aromatic carbocycles. The van der Waals surface area contributed by atoms with Crippen LogP contribution < -0.4 is 5.32 Å². The summed E-state index contributed by atoms with van der Waals surface area (Å²) in [5.41, 5.74) is 0.513. The van der Waals surface area contributed by atoms with E-state index in [9.17, 15) is 9.59 Å². The van der Waals surface area contributed by atoms with Gasteiger partial charge in [-0.3, -0.25) is 14.3 Å². The molecule has 114 valence electrons. The van der Waals surface area contributed by atoms with E-state index in [0.717, 1.165) is 18.5 Å². The van der Waals surface area contributed by atoms with E-state index in [1.807, 2.05) is 24.2 Å². The number of likely N-dealkylation sites (tertiary alicyclic amines) is 1. The molecule has 2 aliphatic rings. The van der Waals surface area contributed by atoms with Crippen molar-refractivity contribution >= 4 is 11.8 Å². The molecule has 0 atom stereocenters. The van der Waals surface area contributed by atoms with Gasteiger partial charge in [0.25, 0.3) is 0 Å². The van der Waals surface area contributed by atoms with Crippen molar-refractivity contribution < 1.29 is 14.3 Å². The van der Waals surface area contributed by atoms with Crippen molar-refractivity contribution in [1.82, 2.24) is 20.0 Å². The van der Waals surface area contributed by atoms with E-state index < -0.39 is 0 Å². The lowest BCUT2D eigenvalue weighted by Crippen LogP contribution is -2.58. The van der Waals surface area contributed by atoms with Crippen molar-refractivity contribution in [2.45, 2.75) is 24.9 Å². The number of aryl methyl sites for hydroxylation is 1. The third-order valence-corrected chi connectivity index (χ3v) is 4.25. The summed E-state index contributed by atoms with van der Waals surface area (Å²) in [6.07, 6.45) is 3.71. The number of piperidine rings is 1. The zero-order chi connectivity index (χ0) is 14.9. The second kappa shape index (κ2) is 5.48. The highest BCUT2D eigenvalue weighted by atomic mass is 16.5. The predicted molar refractivity (Wildman–Crippen MR) is 74.4 cm³/mol. The predicted octanol–water partition coefficient (Wildman–Crippen LogP) is -0.530. The Morgan fingerprint density at radius 3 is 2.81 bits per heavy atom. The van der Waals surface area contributed by atoms with Gasteiger partial charge in [-0.05, 0) is 18.9 Å². The van der Waals surface area contributed by atoms with Crippen LogP contribution in [0.2, 0.25) is 0 Å². The molecule has 1 N–H and O–H groups in total. The number of hydrogen-bond acceptors (Lipinski definition) is 4. The molecule has 0 bridgehead atoms. The van der Waals surface area contributed by atoms with Crippen LogP contribution in [0.15, 0.2) is 12.3 Å². The van der Waals surface area contributed by atoms with Crippen LogP contribution in [0, 0.1) is 0 Å². The topological polar surface area (TPSA) is 76.5 Å². The molecular weight excluding hydrogens is 272 g/mol. The van der Waals surface area contributed by atoms with Crippen LogP contribution in [0.1, 0.15) is 18.5 Å². The molecule has 1 aromatic rings. The molecule has 0 unspecified atom stereocenters. The molecule has 1 spiro atoms. The molecule has 3 heterocycles. The fourth-order valence-electron chi connectivity index (χ4n) is 2.89. The average molecular weight is 292 g/mol. The lowest BCUT2D eigenvalue weighted by atomic mass is 9.90. The Balaban J connectivity index is 1.53. The van der Waals surface area contributed by atoms with Crippen molar-refractivity contribution in [3.05, 3.63) is 18.0 Å². The largest absolute Gasteiger partial charge is 0.363 e. The number of carbonyl (C=O) groups is 2. The minimum absolute atomic E-state index is 0.0608. The van der Waals surface area contributed by atoms with E-state index in [4.69, 9.17) is 4.74 Å². The number of nitrogens with zero attached hydrogens (tertiary/aromatic N) is 3. The molecule has 21 heavy (non-hydrogen) atoms. The Morgan fingerprint density at radius 1 is 1.48 bits per heavy atom. The van der Waals surface area contributed by atoms with Crippen LogP contribution in [0.25, 0.3) is 0 Å². The first-order chi connectivity index (χ1) is 10.1. The second-order valence-electron chi connectivity index (χ2n) is 5.79. The molecule has 2 aliphatic heterocycles. The van der Waals surface area contributed by atoms with Gasteiger partial charge in [0.15, 0.2) is 0 Å². The van der Waals surface area contributed by atoms with Crippen molar-refractivity contribution in [2.75, 3.05) is 26.2 Å². The average Bonchev–Trinajstić information content (AvgIpc) is 2.88. The summed E-state index contributed by atoms with van der Waals surface area (Å²) in [6, 6.07) is 1.86. The molecule has 7 nitrogen and oxygen atoms in total. The number of aromatic nitrogens is 2. The summed E-state index contributed by atoms with van der Waals surface area (Å²) in [6.45, 7) is 2.01. The van der Waals surface area contributed by atoms with Crippen molar-refractivity contribution in [3.8, 4) is 0 Å². The van der Waals surface area contributed by atoms with Crippen LogP contribution in [0.5, 0.6) is 0 Å². The van der Waals surface area contributed by atoms with Gasteiger partial charge < -0.3 is 15.0 Å². The lowest BCUT2D eigenvalue weighted by molar-refractivity contribution is -0.154. The summed E-state index contributed by atoms with van der Waals surface area (Å²) >= 11 is 0. The summed E-state index contributed by atoms with van der Waals surface area (Å²) in [5.74, 6) is 0.0395. The van der Waals surface area contributed by atoms with Gasteiger partial charge in [-0.15, -0.1) is 0 Å². The number of hydrogen-bond donors (Lipinski definition) is 1. The van der Waals surface area contributed by atoms with Crippen LogP contribution in [-0.2, 0) is 27.8 Å². The molecule has 2 saturated heterocycles. The number of amides is 2. The minimum atomic E-state index is -0.282. The molecule has 7 heteroatoms. The maximum Gasteiger partial charge on any atom is 0.246 e. The fraction of sp³-hybridized carbons (Fsp3) is 0.643. The highest BCUT2D eigenvalue weighted by Gasteiger charge is 2.39. The van der Waals surface area contributed by atoms with Crippen LogP contribution in [-0.4, -0.2) is 58.3 Å². The molecule has 2 fully saturated rings. The monoisotopic (exact) mass is 292 g/mol. The first-order valence-corrected chi connectivity index (χ1v) is 7.23. The highest BCUT2D eigenvalue weighted by molar-refractivity contribution is 5.79. The molecule has 1 aromatic heterocycles. The molecule has 2 amide bonds. The molecule has 0 aliphatic carbocycles. The summed E-state index contributed by atoms with van der Waals surface area (Å²) in [4.78, 5) is 25.3. The maximum atomic E-state index is 12.3. The van der Waals surface area contributed by atoms with Gasteiger partial charge in [0.1, 0.15) is 6.61 Å². The first-order valence-electron chi connectivity index (χ1n) is 7.23. The number of rotatable bonds is 2. The first kappa shape index (κ1) is 14.1. The maximum absolute atomic E-state index is 12.3. The number of morpholine rings is 1. The van der Waals surface area contributed by atoms with Gasteiger partial charge in [-0.2, -0.15) is 5.10 Å².